The first-order valence-electron chi connectivity index (χ1n) is 4.55. The van der Waals surface area contributed by atoms with Gasteiger partial charge in [-0.2, -0.15) is 0 Å². The first-order valence-corrected chi connectivity index (χ1v) is 4.55. The molecular formula is C11H17NO2. The highest BCUT2D eigenvalue weighted by molar-refractivity contribution is 5.55. The van der Waals surface area contributed by atoms with E-state index in [-0.39, 0.29) is 5.60 Å². The number of ether oxygens (including phenoxy) is 2. The Morgan fingerprint density at radius 2 is 1.86 bits per heavy atom. The first kappa shape index (κ1) is 10.7. The standard InChI is InChI=1S/C11H17NO2/c1-11(2,3)14-8-5-6-9(12)10(7-8)13-4/h5-7H,12H2,1-4H3. The largest absolute Gasteiger partial charge is 0.494 e. The van der Waals surface area contributed by atoms with Crippen LogP contribution in [-0.4, -0.2) is 12.7 Å². The molecule has 0 amide bonds. The van der Waals surface area contributed by atoms with Gasteiger partial charge in [-0.25, -0.2) is 0 Å². The minimum absolute atomic E-state index is 0.207. The van der Waals surface area contributed by atoms with Gasteiger partial charge in [0.1, 0.15) is 17.1 Å². The van der Waals surface area contributed by atoms with E-state index in [1.165, 1.54) is 0 Å². The number of benzene rings is 1. The van der Waals surface area contributed by atoms with Gasteiger partial charge >= 0.3 is 0 Å². The molecule has 0 unspecified atom stereocenters. The van der Waals surface area contributed by atoms with Crippen molar-refractivity contribution >= 4 is 5.69 Å². The highest BCUT2D eigenvalue weighted by Crippen LogP contribution is 2.28. The van der Waals surface area contributed by atoms with E-state index >= 15 is 0 Å². The van der Waals surface area contributed by atoms with Crippen molar-refractivity contribution in [1.29, 1.82) is 0 Å². The van der Waals surface area contributed by atoms with Crippen molar-refractivity contribution in [1.82, 2.24) is 0 Å². The summed E-state index contributed by atoms with van der Waals surface area (Å²) in [5, 5.41) is 0. The van der Waals surface area contributed by atoms with E-state index in [1.54, 1.807) is 19.2 Å². The molecular weight excluding hydrogens is 178 g/mol. The summed E-state index contributed by atoms with van der Waals surface area (Å²) in [6.45, 7) is 5.99. The molecule has 0 aliphatic carbocycles. The minimum atomic E-state index is -0.207. The fourth-order valence-electron chi connectivity index (χ4n) is 1.11. The van der Waals surface area contributed by atoms with Crippen LogP contribution >= 0.6 is 0 Å². The first-order chi connectivity index (χ1) is 6.42. The van der Waals surface area contributed by atoms with Gasteiger partial charge in [0.25, 0.3) is 0 Å². The van der Waals surface area contributed by atoms with Gasteiger partial charge in [-0.15, -0.1) is 0 Å². The van der Waals surface area contributed by atoms with Crippen LogP contribution in [0, 0.1) is 0 Å². The minimum Gasteiger partial charge on any atom is -0.494 e. The highest BCUT2D eigenvalue weighted by Gasteiger charge is 2.12. The normalized spacial score (nSPS) is 11.1. The summed E-state index contributed by atoms with van der Waals surface area (Å²) in [7, 11) is 1.59. The number of hydrogen-bond donors (Lipinski definition) is 1. The van der Waals surface area contributed by atoms with Crippen LogP contribution in [-0.2, 0) is 0 Å². The molecule has 3 heteroatoms. The van der Waals surface area contributed by atoms with Gasteiger partial charge < -0.3 is 15.2 Å². The van der Waals surface area contributed by atoms with Crippen LogP contribution in [0.4, 0.5) is 5.69 Å². The average molecular weight is 195 g/mol. The van der Waals surface area contributed by atoms with Crippen LogP contribution in [0.3, 0.4) is 0 Å². The monoisotopic (exact) mass is 195 g/mol. The van der Waals surface area contributed by atoms with E-state index in [4.69, 9.17) is 15.2 Å². The molecule has 0 heterocycles. The summed E-state index contributed by atoms with van der Waals surface area (Å²) < 4.78 is 10.8. The fourth-order valence-corrected chi connectivity index (χ4v) is 1.11. The Morgan fingerprint density at radius 3 is 2.36 bits per heavy atom. The van der Waals surface area contributed by atoms with E-state index < -0.39 is 0 Å². The highest BCUT2D eigenvalue weighted by atomic mass is 16.5. The van der Waals surface area contributed by atoms with Crippen molar-refractivity contribution in [2.45, 2.75) is 26.4 Å². The molecule has 1 rings (SSSR count). The molecule has 2 N–H and O–H groups in total. The molecule has 0 fully saturated rings. The van der Waals surface area contributed by atoms with Gasteiger partial charge in [-0.05, 0) is 32.9 Å². The predicted molar refractivity (Wildman–Crippen MR) is 57.8 cm³/mol. The molecule has 0 aliphatic heterocycles. The summed E-state index contributed by atoms with van der Waals surface area (Å²) in [5.41, 5.74) is 6.10. The van der Waals surface area contributed by atoms with E-state index in [0.29, 0.717) is 11.4 Å². The third-order valence-electron chi connectivity index (χ3n) is 1.63. The van der Waals surface area contributed by atoms with Crippen LogP contribution in [0.5, 0.6) is 11.5 Å². The molecule has 0 saturated carbocycles. The zero-order valence-corrected chi connectivity index (χ0v) is 9.13. The Morgan fingerprint density at radius 1 is 1.21 bits per heavy atom. The van der Waals surface area contributed by atoms with Gasteiger partial charge in [0, 0.05) is 6.07 Å². The lowest BCUT2D eigenvalue weighted by molar-refractivity contribution is 0.130. The van der Waals surface area contributed by atoms with Crippen LogP contribution < -0.4 is 15.2 Å². The maximum absolute atomic E-state index is 5.68. The van der Waals surface area contributed by atoms with Crippen molar-refractivity contribution < 1.29 is 9.47 Å². The van der Waals surface area contributed by atoms with Gasteiger partial charge in [-0.1, -0.05) is 0 Å². The van der Waals surface area contributed by atoms with Crippen molar-refractivity contribution in [3.8, 4) is 11.5 Å². The molecule has 0 atom stereocenters. The molecule has 1 aromatic carbocycles. The Balaban J connectivity index is 2.90. The molecule has 78 valence electrons. The summed E-state index contributed by atoms with van der Waals surface area (Å²) in [6, 6.07) is 5.41. The number of anilines is 1. The third-order valence-corrected chi connectivity index (χ3v) is 1.63. The molecule has 1 aromatic rings. The van der Waals surface area contributed by atoms with E-state index in [1.807, 2.05) is 26.8 Å². The topological polar surface area (TPSA) is 44.5 Å². The number of nitrogens with two attached hydrogens (primary N) is 1. The average Bonchev–Trinajstić information content (AvgIpc) is 2.06. The second kappa shape index (κ2) is 3.78. The SMILES string of the molecule is COc1cc(OC(C)(C)C)ccc1N. The summed E-state index contributed by atoms with van der Waals surface area (Å²) in [4.78, 5) is 0. The lowest BCUT2D eigenvalue weighted by Crippen LogP contribution is -2.22. The lowest BCUT2D eigenvalue weighted by Gasteiger charge is -2.21. The maximum Gasteiger partial charge on any atom is 0.145 e. The van der Waals surface area contributed by atoms with Gasteiger partial charge in [0.15, 0.2) is 0 Å². The number of methoxy groups -OCH3 is 1. The molecule has 0 saturated heterocycles. The fraction of sp³-hybridized carbons (Fsp3) is 0.455. The van der Waals surface area contributed by atoms with Gasteiger partial charge in [0.2, 0.25) is 0 Å². The molecule has 3 nitrogen and oxygen atoms in total. The van der Waals surface area contributed by atoms with Crippen LogP contribution in [0.25, 0.3) is 0 Å². The molecule has 0 aliphatic rings. The Kier molecular flexibility index (Phi) is 2.89. The Hall–Kier alpha value is -1.38. The molecule has 0 spiro atoms. The van der Waals surface area contributed by atoms with Crippen molar-refractivity contribution in [2.24, 2.45) is 0 Å². The number of rotatable bonds is 2. The zero-order chi connectivity index (χ0) is 10.8. The maximum atomic E-state index is 5.68. The second-order valence-electron chi connectivity index (χ2n) is 4.12. The molecule has 0 radical (unpaired) electrons. The van der Waals surface area contributed by atoms with Crippen molar-refractivity contribution in [3.05, 3.63) is 18.2 Å². The quantitative estimate of drug-likeness (QED) is 0.737. The van der Waals surface area contributed by atoms with Crippen molar-refractivity contribution in [3.63, 3.8) is 0 Å². The van der Waals surface area contributed by atoms with Crippen LogP contribution in [0.2, 0.25) is 0 Å². The predicted octanol–water partition coefficient (Wildman–Crippen LogP) is 2.45. The smallest absolute Gasteiger partial charge is 0.145 e. The summed E-state index contributed by atoms with van der Waals surface area (Å²) in [5.74, 6) is 1.41. The van der Waals surface area contributed by atoms with Gasteiger partial charge in [0.05, 0.1) is 12.8 Å². The van der Waals surface area contributed by atoms with Crippen molar-refractivity contribution in [2.75, 3.05) is 12.8 Å². The lowest BCUT2D eigenvalue weighted by atomic mass is 10.2. The van der Waals surface area contributed by atoms with Gasteiger partial charge in [-0.3, -0.25) is 0 Å². The molecule has 0 aromatic heterocycles. The molecule has 14 heavy (non-hydrogen) atoms. The second-order valence-corrected chi connectivity index (χ2v) is 4.12. The summed E-state index contributed by atoms with van der Waals surface area (Å²) >= 11 is 0. The van der Waals surface area contributed by atoms with Crippen LogP contribution in [0.15, 0.2) is 18.2 Å². The number of nitrogen functional groups attached to an aromatic ring is 1. The Labute approximate surface area is 84.8 Å². The van der Waals surface area contributed by atoms with E-state index in [0.717, 1.165) is 5.75 Å². The zero-order valence-electron chi connectivity index (χ0n) is 9.13. The van der Waals surface area contributed by atoms with E-state index in [2.05, 4.69) is 0 Å². The molecule has 0 bridgehead atoms. The van der Waals surface area contributed by atoms with E-state index in [9.17, 15) is 0 Å². The summed E-state index contributed by atoms with van der Waals surface area (Å²) in [6.07, 6.45) is 0. The Bertz CT molecular complexity index is 316. The number of hydrogen-bond acceptors (Lipinski definition) is 3. The van der Waals surface area contributed by atoms with Crippen LogP contribution in [0.1, 0.15) is 20.8 Å². The third kappa shape index (κ3) is 2.83.